The molecule has 0 aliphatic carbocycles. The number of carbonyl (C=O) groups excluding carboxylic acids is 2. The van der Waals surface area contributed by atoms with Gasteiger partial charge < -0.3 is 24.0 Å². The van der Waals surface area contributed by atoms with Crippen LogP contribution in [0.4, 0.5) is 0 Å². The van der Waals surface area contributed by atoms with Crippen LogP contribution in [0.3, 0.4) is 0 Å². The second-order valence-electron chi connectivity index (χ2n) is 13.8. The number of para-hydroxylation sites is 2. The molecule has 1 N–H and O–H groups in total. The van der Waals surface area contributed by atoms with E-state index in [1.807, 2.05) is 123 Å². The summed E-state index contributed by atoms with van der Waals surface area (Å²) in [5.74, 6) is -0.419. The molecule has 0 radical (unpaired) electrons. The van der Waals surface area contributed by atoms with Gasteiger partial charge in [0, 0.05) is 67.8 Å². The van der Waals surface area contributed by atoms with Crippen LogP contribution in [0, 0.1) is 5.92 Å². The molecule has 2 aliphatic heterocycles. The number of nitrogens with zero attached hydrogens (tertiary/aromatic N) is 6. The molecule has 5 heterocycles. The number of rotatable bonds is 6. The highest BCUT2D eigenvalue weighted by atomic mass is 16.3. The molecule has 0 bridgehead atoms. The van der Waals surface area contributed by atoms with Crippen molar-refractivity contribution in [2.75, 3.05) is 26.2 Å². The number of aryl methyl sites for hydroxylation is 1. The van der Waals surface area contributed by atoms with Gasteiger partial charge in [-0.2, -0.15) is 0 Å². The summed E-state index contributed by atoms with van der Waals surface area (Å²) in [6.07, 6.45) is 4.60. The SMILES string of the molecule is Cn1c(C(=O)N2CC[C@@H](C(=O)N3CCC(O)(Cn4cnc5c(ccn5-c5ccccc5)c4=O)CC3)[C@H](c3ccccc3)C2)cc2ccccc21. The maximum Gasteiger partial charge on any atom is 0.270 e. The summed E-state index contributed by atoms with van der Waals surface area (Å²) in [7, 11) is 1.92. The molecular formula is C40H40N6O4. The van der Waals surface area contributed by atoms with Crippen LogP contribution >= 0.6 is 0 Å². The van der Waals surface area contributed by atoms with Crippen LogP contribution in [0.25, 0.3) is 27.6 Å². The molecule has 2 amide bonds. The maximum atomic E-state index is 14.2. The Labute approximate surface area is 289 Å². The molecule has 0 saturated carbocycles. The van der Waals surface area contributed by atoms with Crippen LogP contribution in [0.1, 0.15) is 41.2 Å². The zero-order chi connectivity index (χ0) is 34.4. The molecule has 2 saturated heterocycles. The minimum Gasteiger partial charge on any atom is -0.388 e. The lowest BCUT2D eigenvalue weighted by Crippen LogP contribution is -2.53. The first-order valence-electron chi connectivity index (χ1n) is 17.3. The van der Waals surface area contributed by atoms with Crippen molar-refractivity contribution in [3.8, 4) is 5.69 Å². The summed E-state index contributed by atoms with van der Waals surface area (Å²) in [4.78, 5) is 49.9. The molecule has 6 aromatic rings. The highest BCUT2D eigenvalue weighted by molar-refractivity contribution is 5.99. The lowest BCUT2D eigenvalue weighted by atomic mass is 9.79. The average Bonchev–Trinajstić information content (AvgIpc) is 3.75. The third-order valence-corrected chi connectivity index (χ3v) is 10.8. The zero-order valence-corrected chi connectivity index (χ0v) is 28.1. The van der Waals surface area contributed by atoms with Crippen molar-refractivity contribution in [1.29, 1.82) is 0 Å². The number of amides is 2. The number of piperidine rings is 2. The summed E-state index contributed by atoms with van der Waals surface area (Å²) in [6, 6.07) is 31.4. The van der Waals surface area contributed by atoms with E-state index < -0.39 is 5.60 Å². The van der Waals surface area contributed by atoms with Gasteiger partial charge in [0.2, 0.25) is 5.91 Å². The van der Waals surface area contributed by atoms with Crippen molar-refractivity contribution >= 4 is 33.8 Å². The third-order valence-electron chi connectivity index (χ3n) is 10.8. The first-order valence-corrected chi connectivity index (χ1v) is 17.3. The van der Waals surface area contributed by atoms with Gasteiger partial charge in [-0.25, -0.2) is 4.98 Å². The minimum absolute atomic E-state index is 0.0295. The Balaban J connectivity index is 0.965. The highest BCUT2D eigenvalue weighted by Crippen LogP contribution is 2.36. The molecule has 10 nitrogen and oxygen atoms in total. The van der Waals surface area contributed by atoms with Gasteiger partial charge in [0.15, 0.2) is 5.65 Å². The monoisotopic (exact) mass is 668 g/mol. The Morgan fingerprint density at radius 2 is 1.58 bits per heavy atom. The van der Waals surface area contributed by atoms with Gasteiger partial charge in [0.25, 0.3) is 11.5 Å². The second-order valence-corrected chi connectivity index (χ2v) is 13.8. The molecule has 3 aromatic carbocycles. The summed E-state index contributed by atoms with van der Waals surface area (Å²) in [5, 5.41) is 13.2. The molecule has 10 heteroatoms. The first kappa shape index (κ1) is 31.8. The van der Waals surface area contributed by atoms with E-state index in [1.54, 1.807) is 6.07 Å². The van der Waals surface area contributed by atoms with Gasteiger partial charge in [-0.1, -0.05) is 66.7 Å². The van der Waals surface area contributed by atoms with E-state index in [1.165, 1.54) is 10.9 Å². The predicted octanol–water partition coefficient (Wildman–Crippen LogP) is 4.98. The van der Waals surface area contributed by atoms with E-state index in [0.717, 1.165) is 22.2 Å². The van der Waals surface area contributed by atoms with Crippen molar-refractivity contribution < 1.29 is 14.7 Å². The van der Waals surface area contributed by atoms with Crippen LogP contribution in [-0.4, -0.2) is 77.2 Å². The number of carbonyl (C=O) groups is 2. The molecule has 2 atom stereocenters. The maximum absolute atomic E-state index is 14.2. The third kappa shape index (κ3) is 5.69. The predicted molar refractivity (Wildman–Crippen MR) is 192 cm³/mol. The average molecular weight is 669 g/mol. The van der Waals surface area contributed by atoms with Crippen molar-refractivity contribution in [1.82, 2.24) is 28.5 Å². The van der Waals surface area contributed by atoms with E-state index >= 15 is 0 Å². The zero-order valence-electron chi connectivity index (χ0n) is 28.1. The normalized spacial score (nSPS) is 19.2. The van der Waals surface area contributed by atoms with Crippen LogP contribution in [-0.2, 0) is 18.4 Å². The first-order chi connectivity index (χ1) is 24.3. The second kappa shape index (κ2) is 12.8. The minimum atomic E-state index is -1.15. The fourth-order valence-corrected chi connectivity index (χ4v) is 7.94. The molecular weight excluding hydrogens is 628 g/mol. The van der Waals surface area contributed by atoms with Crippen LogP contribution < -0.4 is 5.56 Å². The van der Waals surface area contributed by atoms with E-state index in [9.17, 15) is 19.5 Å². The largest absolute Gasteiger partial charge is 0.388 e. The number of aliphatic hydroxyl groups is 1. The van der Waals surface area contributed by atoms with Gasteiger partial charge >= 0.3 is 0 Å². The highest BCUT2D eigenvalue weighted by Gasteiger charge is 2.42. The van der Waals surface area contributed by atoms with Gasteiger partial charge in [0.05, 0.1) is 17.5 Å². The van der Waals surface area contributed by atoms with Crippen molar-refractivity contribution in [3.05, 3.63) is 131 Å². The Morgan fingerprint density at radius 3 is 2.32 bits per heavy atom. The van der Waals surface area contributed by atoms with E-state index in [4.69, 9.17) is 0 Å². The standard InChI is InChI=1S/C40H40N6O4/c1-42-34-15-9-8-12-29(34)24-35(42)39(49)44-20-16-31(33(25-44)28-10-4-2-5-11-28)37(47)43-22-18-40(50,19-23-43)26-45-27-41-36-32(38(45)48)17-21-46(36)30-13-6-3-7-14-30/h2-15,17,21,24,27,31,33,50H,16,18-20,22-23,25-26H2,1H3/t31-,33+/m1/s1. The summed E-state index contributed by atoms with van der Waals surface area (Å²) < 4.78 is 5.32. The van der Waals surface area contributed by atoms with Crippen LogP contribution in [0.2, 0.25) is 0 Å². The fourth-order valence-electron chi connectivity index (χ4n) is 7.94. The van der Waals surface area contributed by atoms with Crippen LogP contribution in [0.15, 0.2) is 114 Å². The van der Waals surface area contributed by atoms with Gasteiger partial charge in [-0.15, -0.1) is 0 Å². The van der Waals surface area contributed by atoms with Crippen molar-refractivity contribution in [2.45, 2.75) is 37.3 Å². The number of hydrogen-bond acceptors (Lipinski definition) is 5. The van der Waals surface area contributed by atoms with E-state index in [-0.39, 0.29) is 35.8 Å². The van der Waals surface area contributed by atoms with Gasteiger partial charge in [-0.3, -0.25) is 19.0 Å². The molecule has 2 aliphatic rings. The molecule has 3 aromatic heterocycles. The molecule has 0 spiro atoms. The summed E-state index contributed by atoms with van der Waals surface area (Å²) in [5.41, 5.74) is 2.83. The lowest BCUT2D eigenvalue weighted by molar-refractivity contribution is -0.142. The smallest absolute Gasteiger partial charge is 0.270 e. The number of aromatic nitrogens is 4. The quantitative estimate of drug-likeness (QED) is 0.270. The lowest BCUT2D eigenvalue weighted by Gasteiger charge is -2.43. The topological polar surface area (TPSA) is 106 Å². The summed E-state index contributed by atoms with van der Waals surface area (Å²) in [6.45, 7) is 1.82. The van der Waals surface area contributed by atoms with Crippen molar-refractivity contribution in [2.24, 2.45) is 13.0 Å². The number of benzene rings is 3. The molecule has 2 fully saturated rings. The molecule has 254 valence electrons. The molecule has 50 heavy (non-hydrogen) atoms. The van der Waals surface area contributed by atoms with E-state index in [0.29, 0.717) is 62.2 Å². The molecule has 8 rings (SSSR count). The molecule has 0 unspecified atom stereocenters. The van der Waals surface area contributed by atoms with E-state index in [2.05, 4.69) is 4.98 Å². The number of likely N-dealkylation sites (tertiary alicyclic amines) is 2. The van der Waals surface area contributed by atoms with Crippen LogP contribution in [0.5, 0.6) is 0 Å². The number of hydrogen-bond donors (Lipinski definition) is 1. The Bertz CT molecular complexity index is 2250. The Morgan fingerprint density at radius 1 is 0.880 bits per heavy atom. The Kier molecular flexibility index (Phi) is 8.11. The Hall–Kier alpha value is -5.48. The summed E-state index contributed by atoms with van der Waals surface area (Å²) >= 11 is 0. The van der Waals surface area contributed by atoms with Crippen molar-refractivity contribution in [3.63, 3.8) is 0 Å². The van der Waals surface area contributed by atoms with Gasteiger partial charge in [0.1, 0.15) is 12.0 Å². The number of fused-ring (bicyclic) bond motifs is 2. The fraction of sp³-hybridized carbons (Fsp3) is 0.300. The van der Waals surface area contributed by atoms with Gasteiger partial charge in [-0.05, 0) is 55.2 Å².